The van der Waals surface area contributed by atoms with Crippen molar-refractivity contribution < 1.29 is 9.47 Å². The van der Waals surface area contributed by atoms with Crippen molar-refractivity contribution in [2.75, 3.05) is 25.6 Å². The van der Waals surface area contributed by atoms with Crippen molar-refractivity contribution in [3.05, 3.63) is 29.5 Å². The maximum Gasteiger partial charge on any atom is 0.162 e. The zero-order valence-electron chi connectivity index (χ0n) is 11.9. The van der Waals surface area contributed by atoms with Crippen molar-refractivity contribution in [3.63, 3.8) is 0 Å². The second-order valence-corrected chi connectivity index (χ2v) is 4.71. The Labute approximate surface area is 118 Å². The van der Waals surface area contributed by atoms with Gasteiger partial charge in [-0.05, 0) is 32.0 Å². The molecular weight excluding hydrogens is 254 g/mol. The summed E-state index contributed by atoms with van der Waals surface area (Å²) in [6.07, 6.45) is 0. The molecule has 3 rings (SSSR count). The summed E-state index contributed by atoms with van der Waals surface area (Å²) in [6, 6.07) is 5.79. The summed E-state index contributed by atoms with van der Waals surface area (Å²) in [7, 11) is 1.86. The Bertz CT molecular complexity index is 656. The van der Waals surface area contributed by atoms with E-state index < -0.39 is 0 Å². The minimum atomic E-state index is 0.575. The molecule has 0 fully saturated rings. The van der Waals surface area contributed by atoms with E-state index in [1.54, 1.807) is 0 Å². The van der Waals surface area contributed by atoms with E-state index in [1.807, 2.05) is 39.1 Å². The Balaban J connectivity index is 2.07. The minimum Gasteiger partial charge on any atom is -0.486 e. The fraction of sp³-hybridized carbons (Fsp3) is 0.333. The van der Waals surface area contributed by atoms with Gasteiger partial charge >= 0.3 is 0 Å². The van der Waals surface area contributed by atoms with Crippen molar-refractivity contribution in [2.24, 2.45) is 0 Å². The lowest BCUT2D eigenvalue weighted by atomic mass is 10.1. The lowest BCUT2D eigenvalue weighted by Crippen LogP contribution is -2.15. The Hall–Kier alpha value is -2.30. The largest absolute Gasteiger partial charge is 0.486 e. The summed E-state index contributed by atoms with van der Waals surface area (Å²) in [5, 5.41) is 3.10. The molecule has 0 aliphatic carbocycles. The van der Waals surface area contributed by atoms with E-state index >= 15 is 0 Å². The molecule has 104 valence electrons. The van der Waals surface area contributed by atoms with Crippen molar-refractivity contribution in [1.29, 1.82) is 0 Å². The highest BCUT2D eigenvalue weighted by molar-refractivity contribution is 5.64. The molecule has 2 aromatic rings. The van der Waals surface area contributed by atoms with Crippen LogP contribution in [0.15, 0.2) is 18.2 Å². The molecule has 1 aliphatic heterocycles. The molecule has 1 aliphatic rings. The van der Waals surface area contributed by atoms with Gasteiger partial charge in [-0.15, -0.1) is 0 Å². The van der Waals surface area contributed by atoms with Gasteiger partial charge in [-0.25, -0.2) is 9.97 Å². The van der Waals surface area contributed by atoms with Gasteiger partial charge in [-0.2, -0.15) is 0 Å². The maximum atomic E-state index is 5.60. The van der Waals surface area contributed by atoms with Crippen LogP contribution in [-0.4, -0.2) is 30.2 Å². The SMILES string of the molecule is CNc1nc(-c2ccc3c(c2)OCCO3)nc(C)c1C. The number of aromatic nitrogens is 2. The number of ether oxygens (including phenoxy) is 2. The number of rotatable bonds is 2. The van der Waals surface area contributed by atoms with Gasteiger partial charge < -0.3 is 14.8 Å². The number of nitrogens with one attached hydrogen (secondary N) is 1. The summed E-state index contributed by atoms with van der Waals surface area (Å²) in [6.45, 7) is 5.16. The van der Waals surface area contributed by atoms with Gasteiger partial charge in [0.05, 0.1) is 0 Å². The number of hydrogen-bond acceptors (Lipinski definition) is 5. The summed E-state index contributed by atoms with van der Waals surface area (Å²) in [5.41, 5.74) is 2.96. The number of nitrogens with zero attached hydrogens (tertiary/aromatic N) is 2. The van der Waals surface area contributed by atoms with Crippen molar-refractivity contribution in [2.45, 2.75) is 13.8 Å². The molecule has 0 bridgehead atoms. The molecule has 1 aromatic heterocycles. The molecule has 0 amide bonds. The zero-order chi connectivity index (χ0) is 14.1. The molecule has 0 radical (unpaired) electrons. The monoisotopic (exact) mass is 271 g/mol. The van der Waals surface area contributed by atoms with Crippen LogP contribution in [-0.2, 0) is 0 Å². The van der Waals surface area contributed by atoms with E-state index in [2.05, 4.69) is 15.3 Å². The van der Waals surface area contributed by atoms with Crippen LogP contribution in [0.2, 0.25) is 0 Å². The molecule has 0 spiro atoms. The second kappa shape index (κ2) is 5.00. The topological polar surface area (TPSA) is 56.3 Å². The van der Waals surface area contributed by atoms with Crippen molar-refractivity contribution in [1.82, 2.24) is 9.97 Å². The molecular formula is C15H17N3O2. The minimum absolute atomic E-state index is 0.575. The molecule has 0 saturated carbocycles. The number of fused-ring (bicyclic) bond motifs is 1. The average Bonchev–Trinajstić information content (AvgIpc) is 2.49. The highest BCUT2D eigenvalue weighted by Gasteiger charge is 2.15. The molecule has 0 unspecified atom stereocenters. The van der Waals surface area contributed by atoms with Crippen LogP contribution < -0.4 is 14.8 Å². The van der Waals surface area contributed by atoms with E-state index in [-0.39, 0.29) is 0 Å². The molecule has 1 N–H and O–H groups in total. The van der Waals surface area contributed by atoms with E-state index in [9.17, 15) is 0 Å². The van der Waals surface area contributed by atoms with Crippen LogP contribution in [0.4, 0.5) is 5.82 Å². The first-order valence-corrected chi connectivity index (χ1v) is 6.62. The van der Waals surface area contributed by atoms with Gasteiger partial charge in [-0.1, -0.05) is 0 Å². The van der Waals surface area contributed by atoms with Gasteiger partial charge in [0.15, 0.2) is 17.3 Å². The first-order valence-electron chi connectivity index (χ1n) is 6.62. The molecule has 0 atom stereocenters. The van der Waals surface area contributed by atoms with Gasteiger partial charge in [0.25, 0.3) is 0 Å². The molecule has 0 saturated heterocycles. The molecule has 5 heteroatoms. The predicted octanol–water partition coefficient (Wildman–Crippen LogP) is 2.57. The van der Waals surface area contributed by atoms with E-state index in [0.29, 0.717) is 19.0 Å². The molecule has 5 nitrogen and oxygen atoms in total. The molecule has 1 aromatic carbocycles. The van der Waals surface area contributed by atoms with Crippen LogP contribution in [0.1, 0.15) is 11.3 Å². The number of anilines is 1. The summed E-state index contributed by atoms with van der Waals surface area (Å²) >= 11 is 0. The fourth-order valence-corrected chi connectivity index (χ4v) is 2.18. The van der Waals surface area contributed by atoms with Gasteiger partial charge in [0.1, 0.15) is 19.0 Å². The Kier molecular flexibility index (Phi) is 3.18. The van der Waals surface area contributed by atoms with Crippen LogP contribution >= 0.6 is 0 Å². The standard InChI is InChI=1S/C15H17N3O2/c1-9-10(2)17-15(18-14(9)16-3)11-4-5-12-13(8-11)20-7-6-19-12/h4-5,8H,6-7H2,1-3H3,(H,16,17,18). The van der Waals surface area contributed by atoms with E-state index in [1.165, 1.54) is 0 Å². The van der Waals surface area contributed by atoms with Gasteiger partial charge in [0.2, 0.25) is 0 Å². The summed E-state index contributed by atoms with van der Waals surface area (Å²) in [5.74, 6) is 3.07. The second-order valence-electron chi connectivity index (χ2n) is 4.71. The number of hydrogen-bond donors (Lipinski definition) is 1. The average molecular weight is 271 g/mol. The molecule has 2 heterocycles. The van der Waals surface area contributed by atoms with Crippen LogP contribution in [0.5, 0.6) is 11.5 Å². The summed E-state index contributed by atoms with van der Waals surface area (Å²) in [4.78, 5) is 9.11. The van der Waals surface area contributed by atoms with Crippen molar-refractivity contribution >= 4 is 5.82 Å². The van der Waals surface area contributed by atoms with Crippen LogP contribution in [0, 0.1) is 13.8 Å². The normalized spacial score (nSPS) is 13.2. The van der Waals surface area contributed by atoms with Crippen LogP contribution in [0.25, 0.3) is 11.4 Å². The van der Waals surface area contributed by atoms with Gasteiger partial charge in [-0.3, -0.25) is 0 Å². The lowest BCUT2D eigenvalue weighted by Gasteiger charge is -2.19. The zero-order valence-corrected chi connectivity index (χ0v) is 11.9. The number of benzene rings is 1. The summed E-state index contributed by atoms with van der Waals surface area (Å²) < 4.78 is 11.1. The Morgan fingerprint density at radius 1 is 1.05 bits per heavy atom. The van der Waals surface area contributed by atoms with Crippen molar-refractivity contribution in [3.8, 4) is 22.9 Å². The van der Waals surface area contributed by atoms with E-state index in [4.69, 9.17) is 9.47 Å². The van der Waals surface area contributed by atoms with E-state index in [0.717, 1.165) is 34.1 Å². The first-order chi connectivity index (χ1) is 9.69. The third kappa shape index (κ3) is 2.15. The number of aryl methyl sites for hydroxylation is 1. The third-order valence-electron chi connectivity index (χ3n) is 3.43. The van der Waals surface area contributed by atoms with Gasteiger partial charge in [0, 0.05) is 23.9 Å². The first kappa shape index (κ1) is 12.7. The predicted molar refractivity (Wildman–Crippen MR) is 77.5 cm³/mol. The highest BCUT2D eigenvalue weighted by Crippen LogP contribution is 2.34. The maximum absolute atomic E-state index is 5.60. The highest BCUT2D eigenvalue weighted by atomic mass is 16.6. The lowest BCUT2D eigenvalue weighted by molar-refractivity contribution is 0.171. The van der Waals surface area contributed by atoms with Crippen LogP contribution in [0.3, 0.4) is 0 Å². The quantitative estimate of drug-likeness (QED) is 0.909. The molecule has 20 heavy (non-hydrogen) atoms. The third-order valence-corrected chi connectivity index (χ3v) is 3.43. The fourth-order valence-electron chi connectivity index (χ4n) is 2.18. The smallest absolute Gasteiger partial charge is 0.162 e. The Morgan fingerprint density at radius 3 is 2.55 bits per heavy atom. The Morgan fingerprint density at radius 2 is 1.80 bits per heavy atom.